The molecule has 1 aromatic heterocycles. The van der Waals surface area contributed by atoms with E-state index >= 15 is 0 Å². The molecule has 1 amide bonds. The van der Waals surface area contributed by atoms with Crippen LogP contribution in [0.2, 0.25) is 0 Å². The molecule has 0 bridgehead atoms. The van der Waals surface area contributed by atoms with E-state index in [9.17, 15) is 9.59 Å². The van der Waals surface area contributed by atoms with Crippen molar-refractivity contribution in [3.63, 3.8) is 0 Å². The van der Waals surface area contributed by atoms with Crippen LogP contribution in [0.1, 0.15) is 35.2 Å². The predicted molar refractivity (Wildman–Crippen MR) is 69.7 cm³/mol. The van der Waals surface area contributed by atoms with Gasteiger partial charge in [-0.05, 0) is 37.1 Å². The van der Waals surface area contributed by atoms with Gasteiger partial charge in [-0.15, -0.1) is 0 Å². The standard InChI is InChI=1S/C13H17NO3S/c1-9-7-18-8-10(9)12(15)14-6-4-3-5-11(14)13(16)17-2/h7-8,11H,3-6H2,1-2H3. The van der Waals surface area contributed by atoms with Crippen molar-refractivity contribution >= 4 is 23.2 Å². The van der Waals surface area contributed by atoms with Gasteiger partial charge in [0.15, 0.2) is 0 Å². The third-order valence-electron chi connectivity index (χ3n) is 3.32. The molecule has 0 spiro atoms. The Morgan fingerprint density at radius 3 is 2.78 bits per heavy atom. The van der Waals surface area contributed by atoms with Gasteiger partial charge in [0.2, 0.25) is 0 Å². The van der Waals surface area contributed by atoms with Gasteiger partial charge in [-0.3, -0.25) is 4.79 Å². The largest absolute Gasteiger partial charge is 0.467 e. The molecular weight excluding hydrogens is 250 g/mol. The maximum Gasteiger partial charge on any atom is 0.328 e. The van der Waals surface area contributed by atoms with E-state index in [1.54, 1.807) is 4.90 Å². The third kappa shape index (κ3) is 2.41. The number of likely N-dealkylation sites (tertiary alicyclic amines) is 1. The molecule has 1 aliphatic rings. The zero-order valence-corrected chi connectivity index (χ0v) is 11.5. The van der Waals surface area contributed by atoms with Crippen molar-refractivity contribution < 1.29 is 14.3 Å². The van der Waals surface area contributed by atoms with E-state index in [2.05, 4.69) is 0 Å². The minimum absolute atomic E-state index is 0.0520. The lowest BCUT2D eigenvalue weighted by Gasteiger charge is -2.33. The Balaban J connectivity index is 2.21. The molecule has 0 N–H and O–H groups in total. The van der Waals surface area contributed by atoms with Crippen molar-refractivity contribution in [2.24, 2.45) is 0 Å². The third-order valence-corrected chi connectivity index (χ3v) is 4.18. The number of aryl methyl sites for hydroxylation is 1. The summed E-state index contributed by atoms with van der Waals surface area (Å²) in [7, 11) is 1.37. The lowest BCUT2D eigenvalue weighted by molar-refractivity contribution is -0.147. The number of thiophene rings is 1. The Labute approximate surface area is 111 Å². The summed E-state index contributed by atoms with van der Waals surface area (Å²) in [4.78, 5) is 25.8. The quantitative estimate of drug-likeness (QED) is 0.772. The number of methoxy groups -OCH3 is 1. The normalized spacial score (nSPS) is 19.7. The minimum Gasteiger partial charge on any atom is -0.467 e. The van der Waals surface area contributed by atoms with Crippen molar-refractivity contribution in [3.8, 4) is 0 Å². The molecule has 4 nitrogen and oxygen atoms in total. The molecule has 1 unspecified atom stereocenters. The highest BCUT2D eigenvalue weighted by atomic mass is 32.1. The van der Waals surface area contributed by atoms with Gasteiger partial charge in [0, 0.05) is 11.9 Å². The van der Waals surface area contributed by atoms with Crippen molar-refractivity contribution in [2.75, 3.05) is 13.7 Å². The van der Waals surface area contributed by atoms with E-state index in [-0.39, 0.29) is 11.9 Å². The maximum absolute atomic E-state index is 12.4. The van der Waals surface area contributed by atoms with Crippen LogP contribution in [0.4, 0.5) is 0 Å². The summed E-state index contributed by atoms with van der Waals surface area (Å²) < 4.78 is 4.79. The first-order valence-electron chi connectivity index (χ1n) is 6.06. The van der Waals surface area contributed by atoms with Crippen LogP contribution >= 0.6 is 11.3 Å². The van der Waals surface area contributed by atoms with Gasteiger partial charge in [0.25, 0.3) is 5.91 Å². The molecule has 0 radical (unpaired) electrons. The Morgan fingerprint density at radius 2 is 2.17 bits per heavy atom. The smallest absolute Gasteiger partial charge is 0.328 e. The second-order valence-electron chi connectivity index (χ2n) is 4.50. The van der Waals surface area contributed by atoms with Crippen LogP contribution in [0, 0.1) is 6.92 Å². The second-order valence-corrected chi connectivity index (χ2v) is 5.25. The molecule has 1 aromatic rings. The molecule has 1 fully saturated rings. The summed E-state index contributed by atoms with van der Waals surface area (Å²) in [5, 5.41) is 3.80. The lowest BCUT2D eigenvalue weighted by Crippen LogP contribution is -2.48. The van der Waals surface area contributed by atoms with Gasteiger partial charge in [0.05, 0.1) is 12.7 Å². The summed E-state index contributed by atoms with van der Waals surface area (Å²) in [5.74, 6) is -0.361. The topological polar surface area (TPSA) is 46.6 Å². The SMILES string of the molecule is COC(=O)C1CCCCN1C(=O)c1cscc1C. The van der Waals surface area contributed by atoms with Crippen molar-refractivity contribution in [2.45, 2.75) is 32.2 Å². The second kappa shape index (κ2) is 5.52. The Bertz CT molecular complexity index is 455. The lowest BCUT2D eigenvalue weighted by atomic mass is 10.0. The van der Waals surface area contributed by atoms with Gasteiger partial charge < -0.3 is 9.64 Å². The van der Waals surface area contributed by atoms with Gasteiger partial charge in [-0.25, -0.2) is 4.79 Å². The van der Waals surface area contributed by atoms with E-state index in [0.29, 0.717) is 18.5 Å². The fourth-order valence-electron chi connectivity index (χ4n) is 2.29. The Hall–Kier alpha value is -1.36. The zero-order chi connectivity index (χ0) is 13.1. The molecule has 0 aliphatic carbocycles. The van der Waals surface area contributed by atoms with E-state index in [4.69, 9.17) is 4.74 Å². The van der Waals surface area contributed by atoms with Crippen molar-refractivity contribution in [1.29, 1.82) is 0 Å². The van der Waals surface area contributed by atoms with Crippen LogP contribution in [-0.2, 0) is 9.53 Å². The summed E-state index contributed by atoms with van der Waals surface area (Å²) in [6.07, 6.45) is 2.61. The first-order chi connectivity index (χ1) is 8.65. The molecule has 18 heavy (non-hydrogen) atoms. The highest BCUT2D eigenvalue weighted by Gasteiger charge is 2.33. The summed E-state index contributed by atoms with van der Waals surface area (Å²) in [6, 6.07) is -0.421. The average molecular weight is 267 g/mol. The molecule has 0 saturated carbocycles. The molecule has 2 rings (SSSR count). The number of hydrogen-bond acceptors (Lipinski definition) is 4. The average Bonchev–Trinajstić information content (AvgIpc) is 2.83. The number of nitrogens with zero attached hydrogens (tertiary/aromatic N) is 1. The van der Waals surface area contributed by atoms with Gasteiger partial charge >= 0.3 is 5.97 Å². The van der Waals surface area contributed by atoms with Gasteiger partial charge in [0.1, 0.15) is 6.04 Å². The fraction of sp³-hybridized carbons (Fsp3) is 0.538. The predicted octanol–water partition coefficient (Wildman–Crippen LogP) is 2.22. The van der Waals surface area contributed by atoms with Gasteiger partial charge in [-0.2, -0.15) is 11.3 Å². The van der Waals surface area contributed by atoms with Crippen LogP contribution < -0.4 is 0 Å². The molecular formula is C13H17NO3S. The number of esters is 1. The molecule has 1 atom stereocenters. The number of rotatable bonds is 2. The monoisotopic (exact) mass is 267 g/mol. The number of ether oxygens (including phenoxy) is 1. The van der Waals surface area contributed by atoms with E-state index in [1.165, 1.54) is 18.4 Å². The van der Waals surface area contributed by atoms with E-state index in [0.717, 1.165) is 18.4 Å². The number of hydrogen-bond donors (Lipinski definition) is 0. The summed E-state index contributed by atoms with van der Waals surface area (Å²) in [6.45, 7) is 2.55. The highest BCUT2D eigenvalue weighted by Crippen LogP contribution is 2.23. The number of piperidine rings is 1. The summed E-state index contributed by atoms with van der Waals surface area (Å²) >= 11 is 1.51. The molecule has 1 aliphatic heterocycles. The maximum atomic E-state index is 12.4. The van der Waals surface area contributed by atoms with E-state index < -0.39 is 6.04 Å². The molecule has 2 heterocycles. The molecule has 98 valence electrons. The van der Waals surface area contributed by atoms with Crippen LogP contribution in [0.15, 0.2) is 10.8 Å². The van der Waals surface area contributed by atoms with Crippen molar-refractivity contribution in [1.82, 2.24) is 4.90 Å². The van der Waals surface area contributed by atoms with Crippen LogP contribution in [0.3, 0.4) is 0 Å². The Morgan fingerprint density at radius 1 is 1.39 bits per heavy atom. The Kier molecular flexibility index (Phi) is 4.01. The first kappa shape index (κ1) is 13.1. The zero-order valence-electron chi connectivity index (χ0n) is 10.6. The fourth-order valence-corrected chi connectivity index (χ4v) is 3.11. The highest BCUT2D eigenvalue weighted by molar-refractivity contribution is 7.08. The first-order valence-corrected chi connectivity index (χ1v) is 7.01. The minimum atomic E-state index is -0.421. The molecule has 0 aromatic carbocycles. The van der Waals surface area contributed by atoms with Gasteiger partial charge in [-0.1, -0.05) is 0 Å². The number of amides is 1. The van der Waals surface area contributed by atoms with E-state index in [1.807, 2.05) is 17.7 Å². The summed E-state index contributed by atoms with van der Waals surface area (Å²) in [5.41, 5.74) is 1.68. The molecule has 5 heteroatoms. The number of carbonyl (C=O) groups excluding carboxylic acids is 2. The molecule has 1 saturated heterocycles. The van der Waals surface area contributed by atoms with Crippen LogP contribution in [0.5, 0.6) is 0 Å². The van der Waals surface area contributed by atoms with Crippen LogP contribution in [-0.4, -0.2) is 36.5 Å². The van der Waals surface area contributed by atoms with Crippen LogP contribution in [0.25, 0.3) is 0 Å². The number of carbonyl (C=O) groups is 2. The van der Waals surface area contributed by atoms with Crippen molar-refractivity contribution in [3.05, 3.63) is 21.9 Å².